The van der Waals surface area contributed by atoms with Gasteiger partial charge in [-0.25, -0.2) is 0 Å². The summed E-state index contributed by atoms with van der Waals surface area (Å²) in [6.07, 6.45) is 1.86. The largest absolute Gasteiger partial charge is 0.355 e. The first-order chi connectivity index (χ1) is 9.10. The van der Waals surface area contributed by atoms with E-state index >= 15 is 0 Å². The minimum atomic E-state index is -0.170. The molecule has 0 aromatic heterocycles. The number of anilines is 1. The molecule has 1 aliphatic carbocycles. The fraction of sp³-hybridized carbons (Fsp3) is 0.308. The molecule has 0 bridgehead atoms. The summed E-state index contributed by atoms with van der Waals surface area (Å²) in [5.74, 6) is -0.103. The Morgan fingerprint density at radius 3 is 2.68 bits per heavy atom. The summed E-state index contributed by atoms with van der Waals surface area (Å²) in [6, 6.07) is 6.91. The number of hydrogen-bond donors (Lipinski definition) is 3. The van der Waals surface area contributed by atoms with Gasteiger partial charge >= 0.3 is 0 Å². The van der Waals surface area contributed by atoms with Gasteiger partial charge in [-0.3, -0.25) is 9.59 Å². The summed E-state index contributed by atoms with van der Waals surface area (Å²) in [6.45, 7) is 0. The van der Waals surface area contributed by atoms with Crippen LogP contribution in [0.2, 0.25) is 0 Å². The topological polar surface area (TPSA) is 70.2 Å². The Hall–Kier alpha value is -1.95. The van der Waals surface area contributed by atoms with E-state index in [2.05, 4.69) is 16.0 Å². The third-order valence-corrected chi connectivity index (χ3v) is 3.00. The summed E-state index contributed by atoms with van der Waals surface area (Å²) in [7, 11) is 1.57. The van der Waals surface area contributed by atoms with Crippen molar-refractivity contribution in [1.82, 2.24) is 10.6 Å². The number of carbonyl (C=O) groups is 2. The molecule has 0 heterocycles. The lowest BCUT2D eigenvalue weighted by Gasteiger charge is -2.10. The first-order valence-corrected chi connectivity index (χ1v) is 6.45. The second kappa shape index (κ2) is 5.79. The highest BCUT2D eigenvalue weighted by Crippen LogP contribution is 2.28. The predicted octanol–water partition coefficient (Wildman–Crippen LogP) is 1.27. The van der Waals surface area contributed by atoms with Gasteiger partial charge in [0, 0.05) is 24.2 Å². The number of hydrogen-bond acceptors (Lipinski definition) is 3. The van der Waals surface area contributed by atoms with E-state index in [4.69, 9.17) is 12.2 Å². The minimum absolute atomic E-state index is 0.0417. The van der Waals surface area contributed by atoms with Crippen molar-refractivity contribution < 1.29 is 9.59 Å². The third kappa shape index (κ3) is 3.75. The van der Waals surface area contributed by atoms with E-state index < -0.39 is 0 Å². The SMILES string of the molecule is CNC(=O)c1cccc(NC(=S)NC(=O)C2CC2)c1. The van der Waals surface area contributed by atoms with Crippen molar-refractivity contribution in [3.8, 4) is 0 Å². The molecule has 1 aromatic rings. The van der Waals surface area contributed by atoms with E-state index in [-0.39, 0.29) is 22.8 Å². The molecule has 0 spiro atoms. The van der Waals surface area contributed by atoms with Crippen LogP contribution in [-0.2, 0) is 4.79 Å². The maximum absolute atomic E-state index is 11.5. The van der Waals surface area contributed by atoms with E-state index in [1.54, 1.807) is 31.3 Å². The number of nitrogens with one attached hydrogen (secondary N) is 3. The lowest BCUT2D eigenvalue weighted by Crippen LogP contribution is -2.35. The summed E-state index contributed by atoms with van der Waals surface area (Å²) in [5.41, 5.74) is 1.20. The Morgan fingerprint density at radius 1 is 1.32 bits per heavy atom. The van der Waals surface area contributed by atoms with Crippen LogP contribution in [0.5, 0.6) is 0 Å². The normalized spacial score (nSPS) is 13.5. The molecule has 6 heteroatoms. The zero-order chi connectivity index (χ0) is 13.8. The molecule has 3 N–H and O–H groups in total. The molecule has 100 valence electrons. The molecule has 2 rings (SSSR count). The van der Waals surface area contributed by atoms with Crippen molar-refractivity contribution in [2.24, 2.45) is 5.92 Å². The number of benzene rings is 1. The Kier molecular flexibility index (Phi) is 4.11. The average Bonchev–Trinajstić information content (AvgIpc) is 3.22. The molecule has 19 heavy (non-hydrogen) atoms. The van der Waals surface area contributed by atoms with Crippen molar-refractivity contribution >= 4 is 34.8 Å². The Bertz CT molecular complexity index is 526. The molecule has 0 unspecified atom stereocenters. The van der Waals surface area contributed by atoms with Crippen LogP contribution in [0.3, 0.4) is 0 Å². The lowest BCUT2D eigenvalue weighted by atomic mass is 10.2. The summed E-state index contributed by atoms with van der Waals surface area (Å²) in [4.78, 5) is 23.0. The fourth-order valence-electron chi connectivity index (χ4n) is 1.60. The van der Waals surface area contributed by atoms with Gasteiger partial charge in [0.15, 0.2) is 5.11 Å². The Balaban J connectivity index is 1.96. The van der Waals surface area contributed by atoms with Gasteiger partial charge in [0.25, 0.3) is 5.91 Å². The van der Waals surface area contributed by atoms with Gasteiger partial charge in [-0.1, -0.05) is 6.07 Å². The molecule has 0 saturated heterocycles. The van der Waals surface area contributed by atoms with Gasteiger partial charge in [0.05, 0.1) is 0 Å². The van der Waals surface area contributed by atoms with Gasteiger partial charge < -0.3 is 16.0 Å². The maximum Gasteiger partial charge on any atom is 0.251 e. The molecule has 0 atom stereocenters. The molecular weight excluding hydrogens is 262 g/mol. The second-order valence-electron chi connectivity index (χ2n) is 4.38. The highest BCUT2D eigenvalue weighted by molar-refractivity contribution is 7.80. The van der Waals surface area contributed by atoms with Crippen LogP contribution in [0.4, 0.5) is 5.69 Å². The number of carbonyl (C=O) groups excluding carboxylic acids is 2. The van der Waals surface area contributed by atoms with E-state index in [9.17, 15) is 9.59 Å². The predicted molar refractivity (Wildman–Crippen MR) is 76.9 cm³/mol. The van der Waals surface area contributed by atoms with Crippen LogP contribution in [0, 0.1) is 5.92 Å². The maximum atomic E-state index is 11.5. The summed E-state index contributed by atoms with van der Waals surface area (Å²) < 4.78 is 0. The quantitative estimate of drug-likeness (QED) is 0.728. The standard InChI is InChI=1S/C13H15N3O2S/c1-14-11(17)9-3-2-4-10(7-9)15-13(19)16-12(18)8-5-6-8/h2-4,7-8H,5-6H2,1H3,(H,14,17)(H2,15,16,18,19). The molecule has 1 saturated carbocycles. The lowest BCUT2D eigenvalue weighted by molar-refractivity contribution is -0.120. The smallest absolute Gasteiger partial charge is 0.251 e. The molecule has 1 aromatic carbocycles. The highest BCUT2D eigenvalue weighted by Gasteiger charge is 2.29. The van der Waals surface area contributed by atoms with E-state index in [0.29, 0.717) is 11.3 Å². The first-order valence-electron chi connectivity index (χ1n) is 6.04. The van der Waals surface area contributed by atoms with Crippen LogP contribution in [0.1, 0.15) is 23.2 Å². The van der Waals surface area contributed by atoms with Gasteiger partial charge in [0.1, 0.15) is 0 Å². The molecule has 1 aliphatic rings. The van der Waals surface area contributed by atoms with Crippen molar-refractivity contribution in [3.05, 3.63) is 29.8 Å². The molecular formula is C13H15N3O2S. The van der Waals surface area contributed by atoms with Crippen LogP contribution in [-0.4, -0.2) is 24.0 Å². The minimum Gasteiger partial charge on any atom is -0.355 e. The zero-order valence-corrected chi connectivity index (χ0v) is 11.3. The average molecular weight is 277 g/mol. The zero-order valence-electron chi connectivity index (χ0n) is 10.5. The molecule has 0 radical (unpaired) electrons. The van der Waals surface area contributed by atoms with Gasteiger partial charge in [0.2, 0.25) is 5.91 Å². The van der Waals surface area contributed by atoms with Gasteiger partial charge in [-0.15, -0.1) is 0 Å². The van der Waals surface area contributed by atoms with E-state index in [0.717, 1.165) is 12.8 Å². The second-order valence-corrected chi connectivity index (χ2v) is 4.79. The summed E-state index contributed by atoms with van der Waals surface area (Å²) >= 11 is 5.05. The molecule has 0 aliphatic heterocycles. The third-order valence-electron chi connectivity index (χ3n) is 2.79. The van der Waals surface area contributed by atoms with Crippen molar-refractivity contribution in [1.29, 1.82) is 0 Å². The van der Waals surface area contributed by atoms with Crippen LogP contribution < -0.4 is 16.0 Å². The molecule has 1 fully saturated rings. The van der Waals surface area contributed by atoms with Crippen molar-refractivity contribution in [2.45, 2.75) is 12.8 Å². The van der Waals surface area contributed by atoms with Crippen LogP contribution >= 0.6 is 12.2 Å². The number of rotatable bonds is 3. The Morgan fingerprint density at radius 2 is 2.05 bits per heavy atom. The van der Waals surface area contributed by atoms with E-state index in [1.807, 2.05) is 0 Å². The van der Waals surface area contributed by atoms with E-state index in [1.165, 1.54) is 0 Å². The fourth-order valence-corrected chi connectivity index (χ4v) is 1.82. The summed E-state index contributed by atoms with van der Waals surface area (Å²) in [5, 5.41) is 8.33. The number of amides is 2. The van der Waals surface area contributed by atoms with Crippen LogP contribution in [0.25, 0.3) is 0 Å². The monoisotopic (exact) mass is 277 g/mol. The van der Waals surface area contributed by atoms with Gasteiger partial charge in [-0.05, 0) is 43.3 Å². The van der Waals surface area contributed by atoms with Gasteiger partial charge in [-0.2, -0.15) is 0 Å². The van der Waals surface area contributed by atoms with Crippen LogP contribution in [0.15, 0.2) is 24.3 Å². The van der Waals surface area contributed by atoms with Crippen molar-refractivity contribution in [3.63, 3.8) is 0 Å². The first kappa shape index (κ1) is 13.5. The number of thiocarbonyl (C=S) groups is 1. The van der Waals surface area contributed by atoms with Crippen molar-refractivity contribution in [2.75, 3.05) is 12.4 Å². The Labute approximate surface area is 116 Å². The highest BCUT2D eigenvalue weighted by atomic mass is 32.1. The molecule has 2 amide bonds. The molecule has 5 nitrogen and oxygen atoms in total.